The van der Waals surface area contributed by atoms with E-state index in [0.717, 1.165) is 29.5 Å². The zero-order chi connectivity index (χ0) is 28.4. The van der Waals surface area contributed by atoms with E-state index in [-0.39, 0.29) is 28.9 Å². The summed E-state index contributed by atoms with van der Waals surface area (Å²) in [5, 5.41) is 21.9. The van der Waals surface area contributed by atoms with Crippen molar-refractivity contribution in [3.05, 3.63) is 89.2 Å². The van der Waals surface area contributed by atoms with Crippen molar-refractivity contribution in [3.8, 4) is 5.75 Å². The lowest BCUT2D eigenvalue weighted by atomic mass is 10.1. The molecule has 2 aliphatic rings. The van der Waals surface area contributed by atoms with Gasteiger partial charge in [0.25, 0.3) is 11.8 Å². The number of ether oxygens (including phenoxy) is 1. The molecule has 2 amide bonds. The minimum atomic E-state index is -1.21. The minimum Gasteiger partial charge on any atom is -0.485 e. The molecule has 1 unspecified atom stereocenters. The number of anilines is 2. The summed E-state index contributed by atoms with van der Waals surface area (Å²) in [6.07, 6.45) is 0.778. The molecule has 1 aliphatic heterocycles. The fourth-order valence-electron chi connectivity index (χ4n) is 4.45. The highest BCUT2D eigenvalue weighted by atomic mass is 19.1. The molecule has 5 rings (SSSR count). The number of amides is 2. The second kappa shape index (κ2) is 11.4. The topological polar surface area (TPSA) is 106 Å². The fourth-order valence-corrected chi connectivity index (χ4v) is 4.45. The summed E-state index contributed by atoms with van der Waals surface area (Å²) >= 11 is 0. The van der Waals surface area contributed by atoms with Gasteiger partial charge in [0.05, 0.1) is 5.56 Å². The normalized spacial score (nSPS) is 17.3. The van der Waals surface area contributed by atoms with Gasteiger partial charge in [-0.15, -0.1) is 0 Å². The Morgan fingerprint density at radius 2 is 1.85 bits per heavy atom. The highest BCUT2D eigenvalue weighted by Gasteiger charge is 2.33. The molecule has 0 spiro atoms. The Labute approximate surface area is 232 Å². The van der Waals surface area contributed by atoms with Gasteiger partial charge in [-0.1, -0.05) is 43.3 Å². The molecule has 3 aromatic rings. The predicted octanol–water partition coefficient (Wildman–Crippen LogP) is 4.86. The first-order valence-electron chi connectivity index (χ1n) is 13.3. The lowest BCUT2D eigenvalue weighted by Gasteiger charge is -2.25. The lowest BCUT2D eigenvalue weighted by molar-refractivity contribution is 0.0794. The molecule has 0 saturated heterocycles. The summed E-state index contributed by atoms with van der Waals surface area (Å²) in [6, 6.07) is 18.6. The van der Waals surface area contributed by atoms with Gasteiger partial charge in [-0.25, -0.2) is 9.40 Å². The molecule has 3 N–H and O–H groups in total. The summed E-state index contributed by atoms with van der Waals surface area (Å²) in [5.41, 5.74) is 1.58. The quantitative estimate of drug-likeness (QED) is 0.355. The van der Waals surface area contributed by atoms with Crippen LogP contribution in [0.25, 0.3) is 0 Å². The molecule has 208 valence electrons. The number of hydrogen-bond donors (Lipinski definition) is 3. The Hall–Kier alpha value is -4.44. The van der Waals surface area contributed by atoms with E-state index in [2.05, 4.69) is 15.7 Å². The van der Waals surface area contributed by atoms with Crippen molar-refractivity contribution in [1.82, 2.24) is 10.2 Å². The molecule has 10 heteroatoms. The Balaban J connectivity index is 1.47. The largest absolute Gasteiger partial charge is 0.485 e. The number of halogens is 1. The van der Waals surface area contributed by atoms with Crippen molar-refractivity contribution in [2.24, 2.45) is 5.10 Å². The maximum Gasteiger partial charge on any atom is 0.259 e. The minimum absolute atomic E-state index is 0.0339. The molecule has 1 saturated carbocycles. The van der Waals surface area contributed by atoms with E-state index in [1.54, 1.807) is 36.2 Å². The summed E-state index contributed by atoms with van der Waals surface area (Å²) < 4.78 is 21.8. The zero-order valence-corrected chi connectivity index (χ0v) is 22.6. The number of nitrogens with one attached hydrogen (secondary N) is 2. The fraction of sp³-hybridized carbons (Fsp3) is 0.300. The molecule has 2 atom stereocenters. The smallest absolute Gasteiger partial charge is 0.259 e. The molecule has 9 nitrogen and oxygen atoms in total. The number of carbonyl (C=O) groups excluding carboxylic acids is 2. The SMILES string of the molecule is CCC1=NN(c2cc(O[C@@H](C)c3ccccc3)c(C(=O)Nc3cccc(C(=O)NC4CC4)c3)cc2F)C(O)N1C. The molecular formula is C30H32FN5O4. The number of amidine groups is 1. The van der Waals surface area contributed by atoms with Crippen molar-refractivity contribution in [2.75, 3.05) is 17.4 Å². The molecule has 40 heavy (non-hydrogen) atoms. The summed E-state index contributed by atoms with van der Waals surface area (Å²) in [5.74, 6) is -0.883. The van der Waals surface area contributed by atoms with Gasteiger partial charge >= 0.3 is 0 Å². The van der Waals surface area contributed by atoms with Crippen LogP contribution >= 0.6 is 0 Å². The van der Waals surface area contributed by atoms with Crippen LogP contribution < -0.4 is 20.4 Å². The highest BCUT2D eigenvalue weighted by molar-refractivity contribution is 6.07. The molecule has 3 aromatic carbocycles. The Bertz CT molecular complexity index is 1440. The second-order valence-electron chi connectivity index (χ2n) is 9.92. The molecule has 0 radical (unpaired) electrons. The predicted molar refractivity (Wildman–Crippen MR) is 151 cm³/mol. The van der Waals surface area contributed by atoms with E-state index in [1.165, 1.54) is 6.07 Å². The van der Waals surface area contributed by atoms with Crippen molar-refractivity contribution < 1.29 is 23.8 Å². The number of aliphatic hydroxyl groups is 1. The maximum atomic E-state index is 15.5. The number of hydrazone groups is 1. The van der Waals surface area contributed by atoms with Gasteiger partial charge in [0, 0.05) is 36.8 Å². The number of rotatable bonds is 9. The van der Waals surface area contributed by atoms with Gasteiger partial charge in [0.2, 0.25) is 6.35 Å². The van der Waals surface area contributed by atoms with Crippen LogP contribution in [-0.2, 0) is 0 Å². The first kappa shape index (κ1) is 27.1. The molecule has 1 aliphatic carbocycles. The van der Waals surface area contributed by atoms with E-state index in [4.69, 9.17) is 4.74 Å². The summed E-state index contributed by atoms with van der Waals surface area (Å²) in [4.78, 5) is 27.5. The van der Waals surface area contributed by atoms with Gasteiger partial charge in [0.15, 0.2) is 0 Å². The lowest BCUT2D eigenvalue weighted by Crippen LogP contribution is -2.39. The average molecular weight is 546 g/mol. The van der Waals surface area contributed by atoms with Crippen LogP contribution in [0.1, 0.15) is 65.5 Å². The van der Waals surface area contributed by atoms with Gasteiger partial charge in [-0.3, -0.25) is 9.59 Å². The first-order valence-corrected chi connectivity index (χ1v) is 13.3. The van der Waals surface area contributed by atoms with Gasteiger partial charge < -0.3 is 25.4 Å². The van der Waals surface area contributed by atoms with Crippen LogP contribution in [0, 0.1) is 5.82 Å². The highest BCUT2D eigenvalue weighted by Crippen LogP contribution is 2.35. The van der Waals surface area contributed by atoms with Crippen LogP contribution in [0.15, 0.2) is 71.8 Å². The number of benzene rings is 3. The van der Waals surface area contributed by atoms with E-state index in [1.807, 2.05) is 44.2 Å². The third-order valence-corrected chi connectivity index (χ3v) is 6.92. The third-order valence-electron chi connectivity index (χ3n) is 6.92. The van der Waals surface area contributed by atoms with Crippen LogP contribution in [0.3, 0.4) is 0 Å². The van der Waals surface area contributed by atoms with Gasteiger partial charge in [-0.05, 0) is 49.6 Å². The van der Waals surface area contributed by atoms with Crippen molar-refractivity contribution >= 4 is 29.0 Å². The van der Waals surface area contributed by atoms with Crippen molar-refractivity contribution in [2.45, 2.75) is 51.6 Å². The van der Waals surface area contributed by atoms with Crippen LogP contribution in [-0.4, -0.2) is 47.1 Å². The van der Waals surface area contributed by atoms with E-state index in [9.17, 15) is 14.7 Å². The number of carbonyl (C=O) groups is 2. The molecule has 1 heterocycles. The second-order valence-corrected chi connectivity index (χ2v) is 9.92. The third kappa shape index (κ3) is 5.76. The number of nitrogens with zero attached hydrogens (tertiary/aromatic N) is 3. The summed E-state index contributed by atoms with van der Waals surface area (Å²) in [6.45, 7) is 3.71. The summed E-state index contributed by atoms with van der Waals surface area (Å²) in [7, 11) is 1.67. The van der Waals surface area contributed by atoms with Gasteiger partial charge in [0.1, 0.15) is 29.2 Å². The van der Waals surface area contributed by atoms with Gasteiger partial charge in [-0.2, -0.15) is 5.10 Å². The van der Waals surface area contributed by atoms with E-state index >= 15 is 4.39 Å². The molecular weight excluding hydrogens is 513 g/mol. The Kier molecular flexibility index (Phi) is 7.70. The van der Waals surface area contributed by atoms with Crippen molar-refractivity contribution in [3.63, 3.8) is 0 Å². The Morgan fingerprint density at radius 3 is 2.52 bits per heavy atom. The zero-order valence-electron chi connectivity index (χ0n) is 22.6. The number of aliphatic hydroxyl groups excluding tert-OH is 1. The van der Waals surface area contributed by atoms with Crippen molar-refractivity contribution in [1.29, 1.82) is 0 Å². The van der Waals surface area contributed by atoms with Crippen LogP contribution in [0.2, 0.25) is 0 Å². The number of hydrogen-bond acceptors (Lipinski definition) is 7. The molecule has 0 aromatic heterocycles. The van der Waals surface area contributed by atoms with Crippen LogP contribution in [0.4, 0.5) is 15.8 Å². The standard InChI is InChI=1S/C30H32FN5O4/c1-4-27-34-36(30(39)35(27)3)25-17-26(40-18(2)19-9-6-5-7-10-19)23(16-24(25)31)29(38)33-22-12-8-11-20(15-22)28(37)32-21-13-14-21/h5-12,15-18,21,30,39H,4,13-14H2,1-3H3,(H,32,37)(H,33,38)/t18-,30?/m0/s1. The molecule has 0 bridgehead atoms. The van der Waals surface area contributed by atoms with Crippen LogP contribution in [0.5, 0.6) is 5.75 Å². The van der Waals surface area contributed by atoms with E-state index < -0.39 is 24.2 Å². The maximum absolute atomic E-state index is 15.5. The monoisotopic (exact) mass is 545 g/mol. The first-order chi connectivity index (χ1) is 19.2. The average Bonchev–Trinajstić information content (AvgIpc) is 3.73. The van der Waals surface area contributed by atoms with E-state index in [0.29, 0.717) is 23.5 Å². The molecule has 1 fully saturated rings. The Morgan fingerprint density at radius 1 is 1.10 bits per heavy atom.